The summed E-state index contributed by atoms with van der Waals surface area (Å²) in [5.74, 6) is -7.21. The summed E-state index contributed by atoms with van der Waals surface area (Å²) >= 11 is 0. The summed E-state index contributed by atoms with van der Waals surface area (Å²) in [6, 6.07) is 0. The van der Waals surface area contributed by atoms with Crippen molar-refractivity contribution < 1.29 is 22.3 Å². The molecule has 0 radical (unpaired) electrons. The topological polar surface area (TPSA) is 35.2 Å². The Morgan fingerprint density at radius 2 is 1.44 bits per heavy atom. The Balaban J connectivity index is 3.41. The van der Waals surface area contributed by atoms with E-state index in [1.807, 2.05) is 0 Å². The van der Waals surface area contributed by atoms with Crippen LogP contribution in [0.1, 0.15) is 19.4 Å². The van der Waals surface area contributed by atoms with Gasteiger partial charge in [0.05, 0.1) is 6.10 Å². The molecule has 0 spiro atoms. The Kier molecular flexibility index (Phi) is 3.74. The highest BCUT2D eigenvalue weighted by Gasteiger charge is 2.26. The maximum atomic E-state index is 13.3. The van der Waals surface area contributed by atoms with Gasteiger partial charge in [-0.3, -0.25) is 0 Å². The van der Waals surface area contributed by atoms with Crippen LogP contribution < -0.4 is 10.5 Å². The van der Waals surface area contributed by atoms with E-state index in [0.29, 0.717) is 0 Å². The maximum Gasteiger partial charge on any atom is 0.204 e. The molecule has 1 rings (SSSR count). The molecule has 0 aliphatic heterocycles. The summed E-state index contributed by atoms with van der Waals surface area (Å²) < 4.78 is 57.7. The van der Waals surface area contributed by atoms with Crippen LogP contribution in [0.4, 0.5) is 17.6 Å². The second-order valence-electron chi connectivity index (χ2n) is 3.43. The van der Waals surface area contributed by atoms with Crippen LogP contribution in [0.2, 0.25) is 0 Å². The summed E-state index contributed by atoms with van der Waals surface area (Å²) in [5.41, 5.74) is 4.16. The van der Waals surface area contributed by atoms with Crippen molar-refractivity contribution >= 4 is 0 Å². The third kappa shape index (κ3) is 2.11. The van der Waals surface area contributed by atoms with Crippen LogP contribution >= 0.6 is 0 Å². The highest BCUT2D eigenvalue weighted by Crippen LogP contribution is 2.30. The molecule has 6 heteroatoms. The van der Waals surface area contributed by atoms with E-state index < -0.39 is 47.2 Å². The molecule has 1 aromatic rings. The molecule has 0 amide bonds. The molecule has 0 unspecified atom stereocenters. The smallest absolute Gasteiger partial charge is 0.204 e. The molecule has 0 atom stereocenters. The first kappa shape index (κ1) is 12.8. The van der Waals surface area contributed by atoms with Gasteiger partial charge in [-0.15, -0.1) is 0 Å². The van der Waals surface area contributed by atoms with Crippen molar-refractivity contribution in [3.63, 3.8) is 0 Å². The molecule has 90 valence electrons. The van der Waals surface area contributed by atoms with Crippen LogP contribution in [0, 0.1) is 23.3 Å². The van der Waals surface area contributed by atoms with Crippen molar-refractivity contribution in [2.24, 2.45) is 5.73 Å². The first-order valence-corrected chi connectivity index (χ1v) is 4.61. The van der Waals surface area contributed by atoms with E-state index in [0.717, 1.165) is 0 Å². The Morgan fingerprint density at radius 3 is 1.75 bits per heavy atom. The summed E-state index contributed by atoms with van der Waals surface area (Å²) in [6.07, 6.45) is -0.605. The highest BCUT2D eigenvalue weighted by molar-refractivity contribution is 5.34. The van der Waals surface area contributed by atoms with Gasteiger partial charge in [0, 0.05) is 12.1 Å². The molecule has 16 heavy (non-hydrogen) atoms. The molecule has 0 fully saturated rings. The second-order valence-corrected chi connectivity index (χ2v) is 3.43. The van der Waals surface area contributed by atoms with E-state index >= 15 is 0 Å². The lowest BCUT2D eigenvalue weighted by Crippen LogP contribution is -2.14. The van der Waals surface area contributed by atoms with Gasteiger partial charge in [0.25, 0.3) is 0 Å². The number of nitrogens with two attached hydrogens (primary N) is 1. The van der Waals surface area contributed by atoms with Crippen LogP contribution in [0.15, 0.2) is 0 Å². The molecule has 0 aliphatic rings. The third-order valence-electron chi connectivity index (χ3n) is 1.87. The molecule has 2 N–H and O–H groups in total. The zero-order valence-electron chi connectivity index (χ0n) is 8.78. The normalized spacial score (nSPS) is 11.0. The predicted octanol–water partition coefficient (Wildman–Crippen LogP) is 2.49. The number of halogens is 4. The van der Waals surface area contributed by atoms with Crippen molar-refractivity contribution in [1.82, 2.24) is 0 Å². The van der Waals surface area contributed by atoms with E-state index in [9.17, 15) is 17.6 Å². The largest absolute Gasteiger partial charge is 0.485 e. The maximum absolute atomic E-state index is 13.3. The van der Waals surface area contributed by atoms with Crippen molar-refractivity contribution in [3.05, 3.63) is 28.8 Å². The number of hydrogen-bond donors (Lipinski definition) is 1. The fourth-order valence-electron chi connectivity index (χ4n) is 1.18. The summed E-state index contributed by atoms with van der Waals surface area (Å²) in [5, 5.41) is 0. The number of benzene rings is 1. The van der Waals surface area contributed by atoms with E-state index in [2.05, 4.69) is 4.74 Å². The van der Waals surface area contributed by atoms with Gasteiger partial charge in [-0.2, -0.15) is 8.78 Å². The van der Waals surface area contributed by atoms with Gasteiger partial charge in [0.1, 0.15) is 0 Å². The van der Waals surface area contributed by atoms with Gasteiger partial charge in [-0.1, -0.05) is 0 Å². The zero-order valence-corrected chi connectivity index (χ0v) is 8.78. The predicted molar refractivity (Wildman–Crippen MR) is 49.9 cm³/mol. The Bertz CT molecular complexity index is 377. The van der Waals surface area contributed by atoms with E-state index in [1.165, 1.54) is 13.8 Å². The van der Waals surface area contributed by atoms with E-state index in [-0.39, 0.29) is 0 Å². The van der Waals surface area contributed by atoms with Crippen molar-refractivity contribution in [1.29, 1.82) is 0 Å². The van der Waals surface area contributed by atoms with Gasteiger partial charge in [-0.25, -0.2) is 8.78 Å². The lowest BCUT2D eigenvalue weighted by atomic mass is 10.1. The van der Waals surface area contributed by atoms with Crippen LogP contribution in [-0.2, 0) is 6.54 Å². The lowest BCUT2D eigenvalue weighted by Gasteiger charge is -2.14. The number of hydrogen-bond acceptors (Lipinski definition) is 2. The third-order valence-corrected chi connectivity index (χ3v) is 1.87. The highest BCUT2D eigenvalue weighted by atomic mass is 19.2. The molecule has 0 saturated carbocycles. The first-order valence-electron chi connectivity index (χ1n) is 4.61. The molecule has 1 aromatic carbocycles. The minimum atomic E-state index is -1.56. The lowest BCUT2D eigenvalue weighted by molar-refractivity contribution is 0.211. The average Bonchev–Trinajstić information content (AvgIpc) is 2.22. The van der Waals surface area contributed by atoms with Gasteiger partial charge in [0.15, 0.2) is 17.4 Å². The van der Waals surface area contributed by atoms with Gasteiger partial charge in [0.2, 0.25) is 11.6 Å². The van der Waals surface area contributed by atoms with E-state index in [1.54, 1.807) is 0 Å². The van der Waals surface area contributed by atoms with Gasteiger partial charge < -0.3 is 10.5 Å². The summed E-state index contributed by atoms with van der Waals surface area (Å²) in [4.78, 5) is 0. The minimum Gasteiger partial charge on any atom is -0.485 e. The Labute approximate surface area is 90.0 Å². The summed E-state index contributed by atoms with van der Waals surface area (Å²) in [6.45, 7) is 2.32. The van der Waals surface area contributed by atoms with Gasteiger partial charge in [-0.05, 0) is 13.8 Å². The molecule has 0 aromatic heterocycles. The fraction of sp³-hybridized carbons (Fsp3) is 0.400. The van der Waals surface area contributed by atoms with Gasteiger partial charge >= 0.3 is 0 Å². The van der Waals surface area contributed by atoms with Crippen LogP contribution in [0.5, 0.6) is 5.75 Å². The Morgan fingerprint density at radius 1 is 1.00 bits per heavy atom. The SMILES string of the molecule is CC(C)Oc1c(F)c(F)c(CN)c(F)c1F. The minimum absolute atomic E-state index is 0.605. The molecule has 0 saturated heterocycles. The number of ether oxygens (including phenoxy) is 1. The molecular weight excluding hydrogens is 226 g/mol. The molecule has 2 nitrogen and oxygen atoms in total. The standard InChI is InChI=1S/C10H11F4NO/c1-4(2)16-10-8(13)6(11)5(3-15)7(12)9(10)14/h4H,3,15H2,1-2H3. The van der Waals surface area contributed by atoms with Crippen molar-refractivity contribution in [2.45, 2.75) is 26.5 Å². The molecule has 0 bridgehead atoms. The monoisotopic (exact) mass is 237 g/mol. The zero-order chi connectivity index (χ0) is 12.5. The van der Waals surface area contributed by atoms with E-state index in [4.69, 9.17) is 5.73 Å². The van der Waals surface area contributed by atoms with Crippen LogP contribution in [0.3, 0.4) is 0 Å². The summed E-state index contributed by atoms with van der Waals surface area (Å²) in [7, 11) is 0. The molecular formula is C10H11F4NO. The number of rotatable bonds is 3. The fourth-order valence-corrected chi connectivity index (χ4v) is 1.18. The molecule has 0 heterocycles. The van der Waals surface area contributed by atoms with Crippen molar-refractivity contribution in [2.75, 3.05) is 0 Å². The Hall–Kier alpha value is -1.30. The first-order chi connectivity index (χ1) is 7.40. The van der Waals surface area contributed by atoms with Crippen molar-refractivity contribution in [3.8, 4) is 5.75 Å². The second kappa shape index (κ2) is 4.69. The average molecular weight is 237 g/mol. The van der Waals surface area contributed by atoms with Crippen LogP contribution in [-0.4, -0.2) is 6.10 Å². The van der Waals surface area contributed by atoms with Crippen LogP contribution in [0.25, 0.3) is 0 Å². The molecule has 0 aliphatic carbocycles. The quantitative estimate of drug-likeness (QED) is 0.647.